The van der Waals surface area contributed by atoms with Crippen LogP contribution < -0.4 is 0 Å². The van der Waals surface area contributed by atoms with Crippen molar-refractivity contribution in [2.24, 2.45) is 5.92 Å². The summed E-state index contributed by atoms with van der Waals surface area (Å²) in [5.74, 6) is -6.05. The van der Waals surface area contributed by atoms with Crippen molar-refractivity contribution >= 4 is 13.5 Å². The standard InChI is InChI=1S/C17H17F18O6P/c1-5-37-42(38-6-2,39-9(12(18,19)20,13(21,22)23)8(36)7(3)4)40-10(14(24,25)26,15(27,28)29)11(41-42,16(30,31)32)17(33,34)35/h7H,5-6H2,1-4H3. The molecule has 25 heteroatoms. The Hall–Kier alpha value is -1.36. The summed E-state index contributed by atoms with van der Waals surface area (Å²) in [5.41, 5.74) is -22.8. The van der Waals surface area contributed by atoms with Gasteiger partial charge in [-0.05, 0) is 0 Å². The van der Waals surface area contributed by atoms with Gasteiger partial charge >= 0.3 is 221 Å². The molecule has 1 heterocycles. The fraction of sp³-hybridized carbons (Fsp3) is 0.941. The quantitative estimate of drug-likeness (QED) is 0.190. The summed E-state index contributed by atoms with van der Waals surface area (Å²) in [6, 6.07) is 0. The normalized spacial score (nSPS) is 22.6. The second kappa shape index (κ2) is 10.3. The van der Waals surface area contributed by atoms with Gasteiger partial charge in [-0.1, -0.05) is 0 Å². The molecule has 6 nitrogen and oxygen atoms in total. The van der Waals surface area contributed by atoms with Crippen LogP contribution in [-0.4, -0.2) is 72.9 Å². The predicted molar refractivity (Wildman–Crippen MR) is 97.8 cm³/mol. The van der Waals surface area contributed by atoms with E-state index in [1.54, 1.807) is 0 Å². The van der Waals surface area contributed by atoms with E-state index < -0.39 is 86.5 Å². The number of ketones is 1. The summed E-state index contributed by atoms with van der Waals surface area (Å²) in [6.45, 7) is -3.11. The Morgan fingerprint density at radius 1 is 0.619 bits per heavy atom. The second-order valence-electron chi connectivity index (χ2n) is 8.40. The Labute approximate surface area is 221 Å². The van der Waals surface area contributed by atoms with E-state index in [0.29, 0.717) is 0 Å². The van der Waals surface area contributed by atoms with E-state index in [4.69, 9.17) is 0 Å². The summed E-state index contributed by atoms with van der Waals surface area (Å²) in [6.07, 6.45) is -47.3. The predicted octanol–water partition coefficient (Wildman–Crippen LogP) is 8.07. The van der Waals surface area contributed by atoms with Crippen molar-refractivity contribution < 1.29 is 106 Å². The van der Waals surface area contributed by atoms with E-state index in [9.17, 15) is 83.8 Å². The van der Waals surface area contributed by atoms with Gasteiger partial charge in [0.05, 0.1) is 0 Å². The Balaban J connectivity index is 4.81. The van der Waals surface area contributed by atoms with Crippen LogP contribution in [0.1, 0.15) is 27.7 Å². The summed E-state index contributed by atoms with van der Waals surface area (Å²) in [7, 11) is -9.43. The molecule has 0 aromatic rings. The number of hydrogen-bond acceptors (Lipinski definition) is 6. The van der Waals surface area contributed by atoms with Crippen molar-refractivity contribution in [3.05, 3.63) is 0 Å². The first kappa shape index (κ1) is 38.7. The summed E-state index contributed by atoms with van der Waals surface area (Å²) in [4.78, 5) is 12.4. The van der Waals surface area contributed by atoms with Crippen molar-refractivity contribution in [1.29, 1.82) is 0 Å². The van der Waals surface area contributed by atoms with Gasteiger partial charge in [-0.2, -0.15) is 0 Å². The number of halogens is 18. The maximum atomic E-state index is 14.1. The summed E-state index contributed by atoms with van der Waals surface area (Å²) >= 11 is 0. The van der Waals surface area contributed by atoms with E-state index in [1.807, 2.05) is 0 Å². The first-order chi connectivity index (χ1) is 18.2. The first-order valence-electron chi connectivity index (χ1n) is 10.6. The Morgan fingerprint density at radius 2 is 0.881 bits per heavy atom. The van der Waals surface area contributed by atoms with Crippen LogP contribution in [-0.2, 0) is 27.4 Å². The van der Waals surface area contributed by atoms with E-state index in [1.165, 1.54) is 0 Å². The molecule has 42 heavy (non-hydrogen) atoms. The van der Waals surface area contributed by atoms with Crippen LogP contribution in [0.4, 0.5) is 79.0 Å². The average Bonchev–Trinajstić information content (AvgIpc) is 3.01. The fourth-order valence-electron chi connectivity index (χ4n) is 3.79. The molecule has 0 N–H and O–H groups in total. The van der Waals surface area contributed by atoms with E-state index in [-0.39, 0.29) is 27.7 Å². The molecule has 1 saturated heterocycles. The minimum atomic E-state index is -9.43. The molecule has 1 aliphatic heterocycles. The van der Waals surface area contributed by atoms with Crippen LogP contribution in [0.5, 0.6) is 0 Å². The van der Waals surface area contributed by atoms with Gasteiger partial charge in [0.1, 0.15) is 0 Å². The van der Waals surface area contributed by atoms with Crippen LogP contribution in [0.25, 0.3) is 0 Å². The number of rotatable bonds is 8. The number of Topliss-reactive ketones (excluding diaryl/α,β-unsaturated/α-hetero) is 1. The van der Waals surface area contributed by atoms with Gasteiger partial charge in [-0.3, -0.25) is 0 Å². The van der Waals surface area contributed by atoms with Gasteiger partial charge in [0.25, 0.3) is 0 Å². The van der Waals surface area contributed by atoms with E-state index in [2.05, 4.69) is 22.6 Å². The Kier molecular flexibility index (Phi) is 9.52. The zero-order chi connectivity index (χ0) is 34.1. The molecule has 1 rings (SSSR count). The summed E-state index contributed by atoms with van der Waals surface area (Å²) in [5, 5.41) is 0. The molecule has 0 bridgehead atoms. The van der Waals surface area contributed by atoms with Gasteiger partial charge < -0.3 is 0 Å². The maximum absolute atomic E-state index is 14.1. The number of carbonyl (C=O) groups excluding carboxylic acids is 1. The molecule has 0 aromatic carbocycles. The zero-order valence-electron chi connectivity index (χ0n) is 20.7. The topological polar surface area (TPSA) is 63.2 Å². The SMILES string of the molecule is CCOP1(OCC)(OC(C(=O)C(C)C)(C(F)(F)F)C(F)(F)F)OC(C(F)(F)F)(C(F)(F)F)C(C(F)(F)F)(C(F)(F)F)O1. The second-order valence-corrected chi connectivity index (χ2v) is 11.0. The molecular weight excluding hydrogens is 673 g/mol. The van der Waals surface area contributed by atoms with Crippen molar-refractivity contribution in [3.8, 4) is 0 Å². The Bertz CT molecular complexity index is 913. The molecule has 1 fully saturated rings. The molecule has 0 unspecified atom stereocenters. The third kappa shape index (κ3) is 5.20. The van der Waals surface area contributed by atoms with Gasteiger partial charge in [-0.15, -0.1) is 0 Å². The molecule has 0 aromatic heterocycles. The molecule has 0 saturated carbocycles. The van der Waals surface area contributed by atoms with Gasteiger partial charge in [0.15, 0.2) is 0 Å². The number of carbonyl (C=O) groups is 1. The fourth-order valence-corrected chi connectivity index (χ4v) is 7.45. The molecular formula is C17H17F18O6P. The number of alkyl halides is 18. The van der Waals surface area contributed by atoms with Crippen LogP contribution in [0.15, 0.2) is 0 Å². The molecule has 0 atom stereocenters. The third-order valence-electron chi connectivity index (χ3n) is 5.30. The zero-order valence-corrected chi connectivity index (χ0v) is 21.6. The van der Waals surface area contributed by atoms with E-state index >= 15 is 0 Å². The third-order valence-corrected chi connectivity index (χ3v) is 8.38. The molecule has 0 amide bonds. The van der Waals surface area contributed by atoms with Gasteiger partial charge in [-0.25, -0.2) is 0 Å². The average molecular weight is 690 g/mol. The number of hydrogen-bond donors (Lipinski definition) is 0. The van der Waals surface area contributed by atoms with Crippen molar-refractivity contribution in [2.45, 2.75) is 81.6 Å². The molecule has 0 spiro atoms. The monoisotopic (exact) mass is 690 g/mol. The van der Waals surface area contributed by atoms with E-state index in [0.717, 1.165) is 0 Å². The van der Waals surface area contributed by atoms with Crippen molar-refractivity contribution in [1.82, 2.24) is 0 Å². The van der Waals surface area contributed by atoms with Crippen LogP contribution in [0.2, 0.25) is 0 Å². The van der Waals surface area contributed by atoms with Gasteiger partial charge in [0, 0.05) is 0 Å². The molecule has 0 aliphatic carbocycles. The molecule has 0 radical (unpaired) electrons. The minimum absolute atomic E-state index is 0.209. The van der Waals surface area contributed by atoms with Crippen LogP contribution >= 0.6 is 7.74 Å². The van der Waals surface area contributed by atoms with Crippen LogP contribution in [0.3, 0.4) is 0 Å². The summed E-state index contributed by atoms with van der Waals surface area (Å²) < 4.78 is 271. The molecule has 252 valence electrons. The van der Waals surface area contributed by atoms with Crippen LogP contribution in [0, 0.1) is 5.92 Å². The molecule has 1 aliphatic rings. The Morgan fingerprint density at radius 3 is 1.05 bits per heavy atom. The first-order valence-corrected chi connectivity index (χ1v) is 12.4. The van der Waals surface area contributed by atoms with Crippen molar-refractivity contribution in [2.75, 3.05) is 13.2 Å². The van der Waals surface area contributed by atoms with Crippen molar-refractivity contribution in [3.63, 3.8) is 0 Å². The van der Waals surface area contributed by atoms with Gasteiger partial charge in [0.2, 0.25) is 0 Å².